The molecule has 0 aliphatic carbocycles. The molecule has 0 aliphatic rings. The Morgan fingerprint density at radius 1 is 1.35 bits per heavy atom. The topological polar surface area (TPSA) is 66.8 Å². The van der Waals surface area contributed by atoms with E-state index < -0.39 is 30.3 Å². The fraction of sp³-hybridized carbons (Fsp3) is 0.222. The first kappa shape index (κ1) is 13.5. The van der Waals surface area contributed by atoms with Gasteiger partial charge in [0, 0.05) is 0 Å². The second-order valence-corrected chi connectivity index (χ2v) is 3.17. The molecular formula is C9H8BF3O4. The summed E-state index contributed by atoms with van der Waals surface area (Å²) in [5.41, 5.74) is -1.95. The maximum atomic E-state index is 12.4. The number of methoxy groups -OCH3 is 1. The molecule has 0 unspecified atom stereocenters. The molecule has 0 spiro atoms. The maximum Gasteiger partial charge on any atom is 0.489 e. The highest BCUT2D eigenvalue weighted by Gasteiger charge is 2.33. The minimum atomic E-state index is -4.63. The first-order chi connectivity index (χ1) is 7.77. The standard InChI is InChI=1S/C9H8BF3O4/c1-17-8(14)6-3-2-5(9(11,12)13)4-7(6)10(15)16/h2-4,15-16H,1H3. The van der Waals surface area contributed by atoms with Crippen molar-refractivity contribution < 1.29 is 32.8 Å². The van der Waals surface area contributed by atoms with Crippen LogP contribution in [0.2, 0.25) is 0 Å². The summed E-state index contributed by atoms with van der Waals surface area (Å²) in [7, 11) is -1.15. The van der Waals surface area contributed by atoms with Crippen molar-refractivity contribution >= 4 is 18.6 Å². The number of esters is 1. The summed E-state index contributed by atoms with van der Waals surface area (Å²) < 4.78 is 41.4. The van der Waals surface area contributed by atoms with Gasteiger partial charge in [-0.25, -0.2) is 4.79 Å². The summed E-state index contributed by atoms with van der Waals surface area (Å²) in [6, 6.07) is 2.00. The molecule has 4 nitrogen and oxygen atoms in total. The Labute approximate surface area is 94.8 Å². The molecule has 8 heteroatoms. The summed E-state index contributed by atoms with van der Waals surface area (Å²) in [6.45, 7) is 0. The van der Waals surface area contributed by atoms with Crippen LogP contribution in [0.5, 0.6) is 0 Å². The lowest BCUT2D eigenvalue weighted by molar-refractivity contribution is -0.137. The zero-order valence-electron chi connectivity index (χ0n) is 8.65. The summed E-state index contributed by atoms with van der Waals surface area (Å²) >= 11 is 0. The number of alkyl halides is 3. The molecule has 0 fully saturated rings. The minimum absolute atomic E-state index is 0.324. The van der Waals surface area contributed by atoms with E-state index in [0.29, 0.717) is 12.1 Å². The Hall–Kier alpha value is -1.54. The highest BCUT2D eigenvalue weighted by molar-refractivity contribution is 6.60. The van der Waals surface area contributed by atoms with Crippen LogP contribution in [0.4, 0.5) is 13.2 Å². The van der Waals surface area contributed by atoms with Crippen molar-refractivity contribution in [3.8, 4) is 0 Å². The molecule has 0 radical (unpaired) electrons. The summed E-state index contributed by atoms with van der Waals surface area (Å²) in [5, 5.41) is 17.8. The zero-order chi connectivity index (χ0) is 13.2. The average Bonchev–Trinajstić information content (AvgIpc) is 2.25. The van der Waals surface area contributed by atoms with Crippen molar-refractivity contribution in [1.82, 2.24) is 0 Å². The van der Waals surface area contributed by atoms with Crippen LogP contribution in [0, 0.1) is 0 Å². The van der Waals surface area contributed by atoms with E-state index in [0.717, 1.165) is 13.2 Å². The molecule has 2 N–H and O–H groups in total. The molecule has 0 heterocycles. The van der Waals surface area contributed by atoms with Crippen LogP contribution in [0.1, 0.15) is 15.9 Å². The highest BCUT2D eigenvalue weighted by Crippen LogP contribution is 2.28. The number of hydrogen-bond donors (Lipinski definition) is 2. The van der Waals surface area contributed by atoms with E-state index in [4.69, 9.17) is 10.0 Å². The molecular weight excluding hydrogens is 240 g/mol. The number of benzene rings is 1. The molecule has 1 aromatic carbocycles. The van der Waals surface area contributed by atoms with E-state index in [1.54, 1.807) is 0 Å². The van der Waals surface area contributed by atoms with Gasteiger partial charge in [-0.2, -0.15) is 13.2 Å². The predicted molar refractivity (Wildman–Crippen MR) is 52.6 cm³/mol. The van der Waals surface area contributed by atoms with Crippen molar-refractivity contribution in [2.24, 2.45) is 0 Å². The zero-order valence-corrected chi connectivity index (χ0v) is 8.65. The Morgan fingerprint density at radius 3 is 2.35 bits per heavy atom. The van der Waals surface area contributed by atoms with Gasteiger partial charge < -0.3 is 14.8 Å². The maximum absolute atomic E-state index is 12.4. The Kier molecular flexibility index (Phi) is 3.79. The second-order valence-electron chi connectivity index (χ2n) is 3.17. The number of hydrogen-bond acceptors (Lipinski definition) is 4. The third-order valence-corrected chi connectivity index (χ3v) is 2.06. The predicted octanol–water partition coefficient (Wildman–Crippen LogP) is 0.172. The minimum Gasteiger partial charge on any atom is -0.465 e. The molecule has 0 bridgehead atoms. The number of carbonyl (C=O) groups is 1. The van der Waals surface area contributed by atoms with Gasteiger partial charge >= 0.3 is 19.3 Å². The van der Waals surface area contributed by atoms with E-state index in [-0.39, 0.29) is 5.56 Å². The van der Waals surface area contributed by atoms with Gasteiger partial charge in [0.1, 0.15) is 0 Å². The molecule has 0 saturated heterocycles. The van der Waals surface area contributed by atoms with E-state index in [2.05, 4.69) is 4.74 Å². The summed E-state index contributed by atoms with van der Waals surface area (Å²) in [6.07, 6.45) is -4.63. The highest BCUT2D eigenvalue weighted by atomic mass is 19.4. The van der Waals surface area contributed by atoms with Crippen LogP contribution < -0.4 is 5.46 Å². The van der Waals surface area contributed by atoms with Crippen LogP contribution in [-0.2, 0) is 10.9 Å². The number of carbonyl (C=O) groups excluding carboxylic acids is 1. The first-order valence-electron chi connectivity index (χ1n) is 4.43. The van der Waals surface area contributed by atoms with E-state index in [9.17, 15) is 18.0 Å². The summed E-state index contributed by atoms with van der Waals surface area (Å²) in [4.78, 5) is 11.2. The quantitative estimate of drug-likeness (QED) is 0.578. The third-order valence-electron chi connectivity index (χ3n) is 2.06. The average molecular weight is 248 g/mol. The fourth-order valence-electron chi connectivity index (χ4n) is 1.25. The molecule has 0 saturated carbocycles. The molecule has 0 aromatic heterocycles. The van der Waals surface area contributed by atoms with Crippen molar-refractivity contribution in [2.75, 3.05) is 7.11 Å². The van der Waals surface area contributed by atoms with Crippen LogP contribution in [0.3, 0.4) is 0 Å². The molecule has 0 amide bonds. The molecule has 1 rings (SSSR count). The van der Waals surface area contributed by atoms with E-state index >= 15 is 0 Å². The smallest absolute Gasteiger partial charge is 0.465 e. The molecule has 92 valence electrons. The van der Waals surface area contributed by atoms with Gasteiger partial charge in [0.05, 0.1) is 18.2 Å². The molecule has 1 aromatic rings. The lowest BCUT2D eigenvalue weighted by atomic mass is 9.76. The molecule has 0 aliphatic heterocycles. The van der Waals surface area contributed by atoms with Crippen LogP contribution in [-0.4, -0.2) is 30.2 Å². The molecule has 17 heavy (non-hydrogen) atoms. The van der Waals surface area contributed by atoms with Crippen molar-refractivity contribution in [3.05, 3.63) is 29.3 Å². The SMILES string of the molecule is COC(=O)c1ccc(C(F)(F)F)cc1B(O)O. The second kappa shape index (κ2) is 4.76. The van der Waals surface area contributed by atoms with Crippen LogP contribution in [0.25, 0.3) is 0 Å². The summed E-state index contributed by atoms with van der Waals surface area (Å²) in [5.74, 6) is -0.943. The lowest BCUT2D eigenvalue weighted by Gasteiger charge is -2.11. The van der Waals surface area contributed by atoms with Crippen LogP contribution >= 0.6 is 0 Å². The van der Waals surface area contributed by atoms with Gasteiger partial charge in [0.15, 0.2) is 0 Å². The van der Waals surface area contributed by atoms with Gasteiger partial charge in [-0.05, 0) is 23.7 Å². The fourth-order valence-corrected chi connectivity index (χ4v) is 1.25. The van der Waals surface area contributed by atoms with Gasteiger partial charge in [0.2, 0.25) is 0 Å². The number of halogens is 3. The van der Waals surface area contributed by atoms with Gasteiger partial charge in [-0.1, -0.05) is 0 Å². The monoisotopic (exact) mass is 248 g/mol. The van der Waals surface area contributed by atoms with Crippen LogP contribution in [0.15, 0.2) is 18.2 Å². The van der Waals surface area contributed by atoms with Gasteiger partial charge in [-0.3, -0.25) is 0 Å². The van der Waals surface area contributed by atoms with Crippen molar-refractivity contribution in [1.29, 1.82) is 0 Å². The lowest BCUT2D eigenvalue weighted by Crippen LogP contribution is -2.36. The van der Waals surface area contributed by atoms with Gasteiger partial charge in [0.25, 0.3) is 0 Å². The van der Waals surface area contributed by atoms with E-state index in [1.807, 2.05) is 0 Å². The Morgan fingerprint density at radius 2 is 1.94 bits per heavy atom. The van der Waals surface area contributed by atoms with E-state index in [1.165, 1.54) is 0 Å². The van der Waals surface area contributed by atoms with Crippen molar-refractivity contribution in [3.63, 3.8) is 0 Å². The molecule has 0 atom stereocenters. The number of rotatable bonds is 2. The Bertz CT molecular complexity index is 431. The van der Waals surface area contributed by atoms with Gasteiger partial charge in [-0.15, -0.1) is 0 Å². The van der Waals surface area contributed by atoms with Crippen molar-refractivity contribution in [2.45, 2.75) is 6.18 Å². The third kappa shape index (κ3) is 2.98. The normalized spacial score (nSPS) is 11.2. The first-order valence-corrected chi connectivity index (χ1v) is 4.43. The Balaban J connectivity index is 3.32. The largest absolute Gasteiger partial charge is 0.489 e. The number of ether oxygens (including phenoxy) is 1.